The highest BCUT2D eigenvalue weighted by atomic mass is 35.5. The molecule has 3 rings (SSSR count). The molecule has 180 valence electrons. The fourth-order valence-electron chi connectivity index (χ4n) is 4.19. The van der Waals surface area contributed by atoms with Gasteiger partial charge in [-0.15, -0.1) is 24.8 Å². The molecule has 7 nitrogen and oxygen atoms in total. The van der Waals surface area contributed by atoms with E-state index in [-0.39, 0.29) is 38.0 Å². The van der Waals surface area contributed by atoms with Gasteiger partial charge in [-0.05, 0) is 75.5 Å². The molecule has 2 heterocycles. The van der Waals surface area contributed by atoms with Crippen LogP contribution in [0.1, 0.15) is 31.2 Å². The van der Waals surface area contributed by atoms with E-state index in [9.17, 15) is 10.2 Å². The first-order valence-electron chi connectivity index (χ1n) is 10.9. The Labute approximate surface area is 198 Å². The monoisotopic (exact) mass is 479 g/mol. The van der Waals surface area contributed by atoms with Crippen molar-refractivity contribution in [2.24, 2.45) is 11.7 Å². The normalized spacial score (nSPS) is 19.9. The van der Waals surface area contributed by atoms with E-state index in [2.05, 4.69) is 15.9 Å². The number of β-amino-alcohol motifs (C(OH)–C–C–N with tert-alkyl or cyclic N) is 1. The van der Waals surface area contributed by atoms with Crippen molar-refractivity contribution in [1.29, 1.82) is 0 Å². The van der Waals surface area contributed by atoms with Gasteiger partial charge in [0.15, 0.2) is 11.5 Å². The van der Waals surface area contributed by atoms with Gasteiger partial charge in [0.1, 0.15) is 12.7 Å². The third-order valence-corrected chi connectivity index (χ3v) is 6.13. The summed E-state index contributed by atoms with van der Waals surface area (Å²) < 4.78 is 11.4. The summed E-state index contributed by atoms with van der Waals surface area (Å²) in [5.41, 5.74) is 7.18. The van der Waals surface area contributed by atoms with Crippen molar-refractivity contribution >= 4 is 24.8 Å². The second-order valence-corrected chi connectivity index (χ2v) is 8.49. The van der Waals surface area contributed by atoms with E-state index in [0.717, 1.165) is 58.4 Å². The lowest BCUT2D eigenvalue weighted by Gasteiger charge is -2.32. The van der Waals surface area contributed by atoms with Gasteiger partial charge in [-0.25, -0.2) is 0 Å². The zero-order valence-electron chi connectivity index (χ0n) is 18.4. The molecule has 4 N–H and O–H groups in total. The Kier molecular flexibility index (Phi) is 13.1. The third kappa shape index (κ3) is 8.92. The first-order chi connectivity index (χ1) is 14.1. The number of ether oxygens (including phenoxy) is 2. The van der Waals surface area contributed by atoms with E-state index < -0.39 is 6.10 Å². The molecule has 2 saturated heterocycles. The molecule has 2 aliphatic heterocycles. The molecule has 0 radical (unpaired) electrons. The topological polar surface area (TPSA) is 91.4 Å². The average molecular weight is 480 g/mol. The highest BCUT2D eigenvalue weighted by Gasteiger charge is 2.21. The zero-order chi connectivity index (χ0) is 20.6. The van der Waals surface area contributed by atoms with Crippen molar-refractivity contribution in [3.8, 4) is 11.5 Å². The van der Waals surface area contributed by atoms with Crippen LogP contribution in [0.2, 0.25) is 0 Å². The molecule has 9 heteroatoms. The van der Waals surface area contributed by atoms with Crippen LogP contribution in [0.3, 0.4) is 0 Å². The molecule has 1 aromatic rings. The Bertz CT molecular complexity index is 625. The molecule has 0 saturated carbocycles. The standard InChI is InChI=1S/C22H37N3O4.2ClH/c1-28-22-12-18(13-24-10-6-19(23)7-11-24)2-3-21(22)29-16-20(27)14-25-8-4-17(15-26)5-9-25;;/h2-3,12,17,19-20,26-27H,4-11,13-16,23H2,1H3;2*1H. The van der Waals surface area contributed by atoms with Gasteiger partial charge < -0.3 is 30.3 Å². The number of benzene rings is 1. The van der Waals surface area contributed by atoms with E-state index >= 15 is 0 Å². The lowest BCUT2D eigenvalue weighted by Crippen LogP contribution is -2.41. The summed E-state index contributed by atoms with van der Waals surface area (Å²) in [6.07, 6.45) is 3.52. The van der Waals surface area contributed by atoms with E-state index in [0.29, 0.717) is 30.0 Å². The van der Waals surface area contributed by atoms with E-state index in [1.165, 1.54) is 5.56 Å². The molecular weight excluding hydrogens is 441 g/mol. The molecule has 1 unspecified atom stereocenters. The van der Waals surface area contributed by atoms with Crippen LogP contribution in [0.25, 0.3) is 0 Å². The Morgan fingerprint density at radius 2 is 1.68 bits per heavy atom. The van der Waals surface area contributed by atoms with Crippen molar-refractivity contribution in [2.45, 2.75) is 44.4 Å². The SMILES string of the molecule is COc1cc(CN2CCC(N)CC2)ccc1OCC(O)CN1CCC(CO)CC1.Cl.Cl. The second-order valence-electron chi connectivity index (χ2n) is 8.49. The Balaban J connectivity index is 0.00000240. The summed E-state index contributed by atoms with van der Waals surface area (Å²) in [6.45, 7) is 5.88. The van der Waals surface area contributed by atoms with Gasteiger partial charge >= 0.3 is 0 Å². The number of likely N-dealkylation sites (tertiary alicyclic amines) is 2. The highest BCUT2D eigenvalue weighted by Crippen LogP contribution is 2.29. The predicted octanol–water partition coefficient (Wildman–Crippen LogP) is 1.91. The number of rotatable bonds is 9. The molecule has 0 bridgehead atoms. The number of nitrogens with zero attached hydrogens (tertiary/aromatic N) is 2. The summed E-state index contributed by atoms with van der Waals surface area (Å²) in [5.74, 6) is 1.77. The fourth-order valence-corrected chi connectivity index (χ4v) is 4.19. The number of halogens is 2. The molecule has 0 aliphatic carbocycles. The van der Waals surface area contributed by atoms with Crippen LogP contribution in [-0.4, -0.2) is 85.2 Å². The number of methoxy groups -OCH3 is 1. The van der Waals surface area contributed by atoms with Gasteiger partial charge in [0.2, 0.25) is 0 Å². The summed E-state index contributed by atoms with van der Waals surface area (Å²) in [4.78, 5) is 4.66. The Hall–Kier alpha value is -0.800. The van der Waals surface area contributed by atoms with Gasteiger partial charge in [0, 0.05) is 25.7 Å². The smallest absolute Gasteiger partial charge is 0.161 e. The zero-order valence-corrected chi connectivity index (χ0v) is 20.1. The summed E-state index contributed by atoms with van der Waals surface area (Å²) >= 11 is 0. The fraction of sp³-hybridized carbons (Fsp3) is 0.727. The first kappa shape index (κ1) is 28.2. The maximum absolute atomic E-state index is 10.4. The van der Waals surface area contributed by atoms with Gasteiger partial charge in [-0.2, -0.15) is 0 Å². The molecule has 2 fully saturated rings. The van der Waals surface area contributed by atoms with Gasteiger partial charge in [0.25, 0.3) is 0 Å². The minimum Gasteiger partial charge on any atom is -0.493 e. The van der Waals surface area contributed by atoms with Crippen LogP contribution < -0.4 is 15.2 Å². The maximum atomic E-state index is 10.4. The molecule has 0 amide bonds. The lowest BCUT2D eigenvalue weighted by atomic mass is 9.98. The molecule has 31 heavy (non-hydrogen) atoms. The lowest BCUT2D eigenvalue weighted by molar-refractivity contribution is 0.0482. The van der Waals surface area contributed by atoms with Gasteiger partial charge in [-0.1, -0.05) is 6.07 Å². The summed E-state index contributed by atoms with van der Waals surface area (Å²) in [7, 11) is 1.65. The molecular formula is C22H39Cl2N3O4. The summed E-state index contributed by atoms with van der Waals surface area (Å²) in [5, 5.41) is 19.6. The molecule has 0 spiro atoms. The Morgan fingerprint density at radius 3 is 2.29 bits per heavy atom. The van der Waals surface area contributed by atoms with E-state index in [1.54, 1.807) is 7.11 Å². The minimum absolute atomic E-state index is 0. The molecule has 0 aromatic heterocycles. The number of aliphatic hydroxyl groups excluding tert-OH is 2. The molecule has 1 aromatic carbocycles. The minimum atomic E-state index is -0.553. The molecule has 1 atom stereocenters. The van der Waals surface area contributed by atoms with Crippen molar-refractivity contribution in [2.75, 3.05) is 53.0 Å². The number of aliphatic hydroxyl groups is 2. The van der Waals surface area contributed by atoms with Crippen LogP contribution in [0.5, 0.6) is 11.5 Å². The third-order valence-electron chi connectivity index (χ3n) is 6.13. The van der Waals surface area contributed by atoms with Crippen LogP contribution in [-0.2, 0) is 6.54 Å². The van der Waals surface area contributed by atoms with E-state index in [4.69, 9.17) is 15.2 Å². The van der Waals surface area contributed by atoms with Crippen LogP contribution >= 0.6 is 24.8 Å². The number of hydrogen-bond acceptors (Lipinski definition) is 7. The van der Waals surface area contributed by atoms with Crippen molar-refractivity contribution in [3.63, 3.8) is 0 Å². The van der Waals surface area contributed by atoms with Crippen molar-refractivity contribution in [3.05, 3.63) is 23.8 Å². The Morgan fingerprint density at radius 1 is 1.03 bits per heavy atom. The first-order valence-corrected chi connectivity index (χ1v) is 10.9. The van der Waals surface area contributed by atoms with Crippen LogP contribution in [0, 0.1) is 5.92 Å². The number of nitrogens with two attached hydrogens (primary N) is 1. The van der Waals surface area contributed by atoms with Gasteiger partial charge in [0.05, 0.1) is 7.11 Å². The largest absolute Gasteiger partial charge is 0.493 e. The van der Waals surface area contributed by atoms with E-state index in [1.807, 2.05) is 12.1 Å². The highest BCUT2D eigenvalue weighted by molar-refractivity contribution is 5.85. The van der Waals surface area contributed by atoms with Crippen molar-refractivity contribution in [1.82, 2.24) is 9.80 Å². The van der Waals surface area contributed by atoms with Crippen LogP contribution in [0.15, 0.2) is 18.2 Å². The van der Waals surface area contributed by atoms with Crippen molar-refractivity contribution < 1.29 is 19.7 Å². The van der Waals surface area contributed by atoms with Crippen LogP contribution in [0.4, 0.5) is 0 Å². The maximum Gasteiger partial charge on any atom is 0.161 e. The quantitative estimate of drug-likeness (QED) is 0.498. The molecule has 2 aliphatic rings. The predicted molar refractivity (Wildman–Crippen MR) is 128 cm³/mol. The number of piperidine rings is 2. The van der Waals surface area contributed by atoms with Gasteiger partial charge in [-0.3, -0.25) is 4.90 Å². The average Bonchev–Trinajstić information content (AvgIpc) is 2.75. The summed E-state index contributed by atoms with van der Waals surface area (Å²) in [6, 6.07) is 6.36. The second kappa shape index (κ2) is 14.4. The number of hydrogen-bond donors (Lipinski definition) is 3.